The second kappa shape index (κ2) is 4.99. The van der Waals surface area contributed by atoms with Crippen molar-refractivity contribution in [2.24, 2.45) is 0 Å². The first-order valence-electron chi connectivity index (χ1n) is 3.31. The SMILES string of the molecule is Cc1nnc(NS(=O)(=O)O)nc1C.[NaH]. The number of rotatable bonds is 2. The third kappa shape index (κ3) is 4.29. The molecule has 0 aliphatic carbocycles. The van der Waals surface area contributed by atoms with E-state index < -0.39 is 10.3 Å². The fraction of sp³-hybridized carbons (Fsp3) is 0.400. The Labute approximate surface area is 104 Å². The molecule has 1 heterocycles. The van der Waals surface area contributed by atoms with E-state index in [-0.39, 0.29) is 35.5 Å². The number of hydrogen-bond acceptors (Lipinski definition) is 5. The summed E-state index contributed by atoms with van der Waals surface area (Å²) in [7, 11) is -4.32. The van der Waals surface area contributed by atoms with Crippen LogP contribution in [-0.4, -0.2) is 57.7 Å². The average Bonchev–Trinajstić information content (AvgIpc) is 1.94. The van der Waals surface area contributed by atoms with Gasteiger partial charge in [0.05, 0.1) is 11.4 Å². The van der Waals surface area contributed by atoms with E-state index in [0.29, 0.717) is 11.4 Å². The summed E-state index contributed by atoms with van der Waals surface area (Å²) >= 11 is 0. The van der Waals surface area contributed by atoms with Gasteiger partial charge in [-0.1, -0.05) is 0 Å². The van der Waals surface area contributed by atoms with Crippen molar-refractivity contribution in [1.82, 2.24) is 15.2 Å². The van der Waals surface area contributed by atoms with Gasteiger partial charge in [-0.2, -0.15) is 13.5 Å². The Bertz CT molecular complexity index is 421. The molecular weight excluding hydrogens is 219 g/mol. The van der Waals surface area contributed by atoms with Gasteiger partial charge in [-0.15, -0.1) is 5.10 Å². The second-order valence-electron chi connectivity index (χ2n) is 2.38. The molecule has 7 nitrogen and oxygen atoms in total. The molecule has 0 atom stereocenters. The number of nitrogens with zero attached hydrogens (tertiary/aromatic N) is 3. The Morgan fingerprint density at radius 2 is 1.79 bits per heavy atom. The molecule has 74 valence electrons. The van der Waals surface area contributed by atoms with E-state index in [2.05, 4.69) is 15.2 Å². The van der Waals surface area contributed by atoms with E-state index in [1.807, 2.05) is 0 Å². The normalized spacial score (nSPS) is 10.5. The minimum atomic E-state index is -4.32. The van der Waals surface area contributed by atoms with Crippen molar-refractivity contribution in [1.29, 1.82) is 0 Å². The Kier molecular flexibility index (Phi) is 4.89. The van der Waals surface area contributed by atoms with Gasteiger partial charge in [-0.25, -0.2) is 9.71 Å². The van der Waals surface area contributed by atoms with Crippen molar-refractivity contribution in [3.8, 4) is 0 Å². The van der Waals surface area contributed by atoms with Gasteiger partial charge in [-0.3, -0.25) is 4.55 Å². The molecule has 0 fully saturated rings. The first-order chi connectivity index (χ1) is 5.88. The summed E-state index contributed by atoms with van der Waals surface area (Å²) in [5, 5.41) is 7.03. The van der Waals surface area contributed by atoms with Crippen molar-refractivity contribution < 1.29 is 13.0 Å². The van der Waals surface area contributed by atoms with Crippen LogP contribution in [0.15, 0.2) is 0 Å². The summed E-state index contributed by atoms with van der Waals surface area (Å²) in [4.78, 5) is 3.73. The first-order valence-corrected chi connectivity index (χ1v) is 4.75. The topological polar surface area (TPSA) is 105 Å². The van der Waals surface area contributed by atoms with Crippen LogP contribution in [0.1, 0.15) is 11.4 Å². The van der Waals surface area contributed by atoms with Crippen LogP contribution in [0.4, 0.5) is 5.95 Å². The quantitative estimate of drug-likeness (QED) is 0.499. The van der Waals surface area contributed by atoms with Gasteiger partial charge in [0.2, 0.25) is 0 Å². The van der Waals surface area contributed by atoms with E-state index in [4.69, 9.17) is 4.55 Å². The van der Waals surface area contributed by atoms with Gasteiger partial charge in [-0.05, 0) is 13.8 Å². The van der Waals surface area contributed by atoms with E-state index >= 15 is 0 Å². The minimum absolute atomic E-state index is 0. The summed E-state index contributed by atoms with van der Waals surface area (Å²) in [6.07, 6.45) is 0. The Morgan fingerprint density at radius 1 is 1.21 bits per heavy atom. The van der Waals surface area contributed by atoms with Gasteiger partial charge >= 0.3 is 39.9 Å². The van der Waals surface area contributed by atoms with Gasteiger partial charge in [0.1, 0.15) is 0 Å². The van der Waals surface area contributed by atoms with Crippen LogP contribution in [0.25, 0.3) is 0 Å². The van der Waals surface area contributed by atoms with E-state index in [1.165, 1.54) is 0 Å². The van der Waals surface area contributed by atoms with Gasteiger partial charge < -0.3 is 0 Å². The summed E-state index contributed by atoms with van der Waals surface area (Å²) in [6.45, 7) is 3.34. The van der Waals surface area contributed by atoms with Crippen molar-refractivity contribution >= 4 is 45.8 Å². The molecule has 0 saturated heterocycles. The number of hydrogen-bond donors (Lipinski definition) is 2. The maximum atomic E-state index is 10.3. The summed E-state index contributed by atoms with van der Waals surface area (Å²) in [5.41, 5.74) is 1.14. The average molecular weight is 228 g/mol. The number of anilines is 1. The van der Waals surface area contributed by atoms with Crippen LogP contribution in [0.5, 0.6) is 0 Å². The van der Waals surface area contributed by atoms with E-state index in [1.54, 1.807) is 18.6 Å². The molecular formula is C5H9N4NaO3S. The first kappa shape index (κ1) is 13.7. The van der Waals surface area contributed by atoms with Crippen LogP contribution in [0.3, 0.4) is 0 Å². The van der Waals surface area contributed by atoms with Crippen molar-refractivity contribution in [3.63, 3.8) is 0 Å². The zero-order valence-corrected chi connectivity index (χ0v) is 7.83. The van der Waals surface area contributed by atoms with Gasteiger partial charge in [0.25, 0.3) is 5.95 Å². The van der Waals surface area contributed by atoms with E-state index in [0.717, 1.165) is 0 Å². The molecule has 1 rings (SSSR count). The third-order valence-electron chi connectivity index (χ3n) is 1.31. The maximum absolute atomic E-state index is 10.3. The van der Waals surface area contributed by atoms with Crippen LogP contribution < -0.4 is 4.72 Å². The monoisotopic (exact) mass is 228 g/mol. The number of aryl methyl sites for hydroxylation is 2. The zero-order chi connectivity index (χ0) is 10.1. The summed E-state index contributed by atoms with van der Waals surface area (Å²) in [5.74, 6) is -0.245. The molecule has 1 aromatic rings. The number of aromatic nitrogens is 3. The van der Waals surface area contributed by atoms with Crippen molar-refractivity contribution in [2.75, 3.05) is 4.72 Å². The molecule has 0 aliphatic heterocycles. The van der Waals surface area contributed by atoms with Crippen LogP contribution >= 0.6 is 0 Å². The molecule has 0 radical (unpaired) electrons. The molecule has 0 unspecified atom stereocenters. The second-order valence-corrected chi connectivity index (χ2v) is 3.54. The third-order valence-corrected chi connectivity index (χ3v) is 1.75. The summed E-state index contributed by atoms with van der Waals surface area (Å²) in [6, 6.07) is 0. The standard InChI is InChI=1S/C5H8N4O3S.Na.H/c1-3-4(2)7-8-5(6-3)9-13(10,11)12;;/h1-2H3,(H,6,8,9)(H,10,11,12);;. The number of nitrogens with one attached hydrogen (secondary N) is 1. The Hall–Kier alpha value is -0.280. The molecule has 0 bridgehead atoms. The predicted molar refractivity (Wildman–Crippen MR) is 51.6 cm³/mol. The van der Waals surface area contributed by atoms with Crippen LogP contribution in [0.2, 0.25) is 0 Å². The molecule has 0 aliphatic rings. The van der Waals surface area contributed by atoms with E-state index in [9.17, 15) is 8.42 Å². The van der Waals surface area contributed by atoms with Crippen molar-refractivity contribution in [3.05, 3.63) is 11.4 Å². The van der Waals surface area contributed by atoms with Crippen LogP contribution in [0, 0.1) is 13.8 Å². The molecule has 0 amide bonds. The molecule has 1 aromatic heterocycles. The molecule has 0 aromatic carbocycles. The zero-order valence-electron chi connectivity index (χ0n) is 7.01. The fourth-order valence-corrected chi connectivity index (χ4v) is 0.933. The van der Waals surface area contributed by atoms with Crippen molar-refractivity contribution in [2.45, 2.75) is 13.8 Å². The van der Waals surface area contributed by atoms with Gasteiger partial charge in [0, 0.05) is 0 Å². The molecule has 0 spiro atoms. The molecule has 14 heavy (non-hydrogen) atoms. The Balaban J connectivity index is 0.00000169. The fourth-order valence-electron chi connectivity index (χ4n) is 0.615. The molecule has 9 heteroatoms. The predicted octanol–water partition coefficient (Wildman–Crippen LogP) is -0.945. The molecule has 0 saturated carbocycles. The Morgan fingerprint density at radius 3 is 2.21 bits per heavy atom. The summed E-state index contributed by atoms with van der Waals surface area (Å²) < 4.78 is 30.7. The van der Waals surface area contributed by atoms with Crippen LogP contribution in [-0.2, 0) is 10.3 Å². The molecule has 2 N–H and O–H groups in total. The van der Waals surface area contributed by atoms with Gasteiger partial charge in [0.15, 0.2) is 0 Å².